The third-order valence-corrected chi connectivity index (χ3v) is 8.21. The monoisotopic (exact) mass is 605 g/mol. The maximum atomic E-state index is 13.3. The lowest BCUT2D eigenvalue weighted by Gasteiger charge is -2.27. The van der Waals surface area contributed by atoms with E-state index in [1.807, 2.05) is 98.8 Å². The molecule has 3 N–H and O–H groups in total. The third-order valence-electron chi connectivity index (χ3n) is 8.21. The molecule has 1 aliphatic rings. The second-order valence-corrected chi connectivity index (χ2v) is 11.3. The lowest BCUT2D eigenvalue weighted by Crippen LogP contribution is -2.57. The number of carbonyl (C=O) groups is 3. The van der Waals surface area contributed by atoms with Gasteiger partial charge in [0, 0.05) is 12.3 Å². The van der Waals surface area contributed by atoms with Crippen LogP contribution in [0.4, 0.5) is 9.59 Å². The molecule has 1 aliphatic carbocycles. The molecule has 0 fully saturated rings. The van der Waals surface area contributed by atoms with Gasteiger partial charge in [-0.1, -0.05) is 123 Å². The second-order valence-electron chi connectivity index (χ2n) is 11.3. The Bertz CT molecular complexity index is 1550. The topological polar surface area (TPSA) is 106 Å². The number of hydrogen-bond donors (Lipinski definition) is 3. The summed E-state index contributed by atoms with van der Waals surface area (Å²) < 4.78 is 11.3. The Morgan fingerprint density at radius 3 is 1.84 bits per heavy atom. The molecule has 0 unspecified atom stereocenters. The predicted molar refractivity (Wildman–Crippen MR) is 173 cm³/mol. The van der Waals surface area contributed by atoms with Crippen molar-refractivity contribution in [3.05, 3.63) is 131 Å². The van der Waals surface area contributed by atoms with E-state index in [1.54, 1.807) is 0 Å². The van der Waals surface area contributed by atoms with E-state index in [2.05, 4.69) is 40.2 Å². The van der Waals surface area contributed by atoms with E-state index in [0.717, 1.165) is 33.4 Å². The summed E-state index contributed by atoms with van der Waals surface area (Å²) in [7, 11) is 0. The molecule has 4 aromatic rings. The summed E-state index contributed by atoms with van der Waals surface area (Å²) in [5.74, 6) is -0.752. The Balaban J connectivity index is 1.21. The minimum Gasteiger partial charge on any atom is -0.459 e. The second kappa shape index (κ2) is 15.1. The summed E-state index contributed by atoms with van der Waals surface area (Å²) in [5, 5.41) is 8.42. The van der Waals surface area contributed by atoms with Crippen molar-refractivity contribution >= 4 is 18.1 Å². The highest BCUT2D eigenvalue weighted by Crippen LogP contribution is 2.44. The van der Waals surface area contributed by atoms with Gasteiger partial charge in [0.25, 0.3) is 0 Å². The van der Waals surface area contributed by atoms with Crippen LogP contribution in [0.3, 0.4) is 0 Å². The number of fused-ring (bicyclic) bond motifs is 3. The van der Waals surface area contributed by atoms with Crippen LogP contribution in [0, 0.1) is 5.92 Å². The van der Waals surface area contributed by atoms with E-state index >= 15 is 0 Å². The summed E-state index contributed by atoms with van der Waals surface area (Å²) in [6, 6.07) is 33.5. The summed E-state index contributed by atoms with van der Waals surface area (Å²) in [6.07, 6.45) is -0.439. The van der Waals surface area contributed by atoms with Crippen LogP contribution in [0.2, 0.25) is 0 Å². The summed E-state index contributed by atoms with van der Waals surface area (Å²) >= 11 is 0. The standard InChI is InChI=1S/C37H39N3O5/c1-3-25(2)34(40-37(43)45-24-32-30-20-12-10-18-28(30)29-19-11-13-21-31(29)32)39-36(42)38-33(22-26-14-6-4-7-15-26)35(41)44-23-27-16-8-5-9-17-27/h4-21,25,32-34H,3,22-24H2,1-2H3,(H,40,43)(H2,38,39,42)/t25-,33+,34+/m1/s1. The van der Waals surface area contributed by atoms with E-state index in [4.69, 9.17) is 9.47 Å². The molecular formula is C37H39N3O5. The van der Waals surface area contributed by atoms with Gasteiger partial charge in [-0.3, -0.25) is 0 Å². The fraction of sp³-hybridized carbons (Fsp3) is 0.270. The largest absolute Gasteiger partial charge is 0.459 e. The lowest BCUT2D eigenvalue weighted by molar-refractivity contribution is -0.147. The molecule has 0 aliphatic heterocycles. The summed E-state index contributed by atoms with van der Waals surface area (Å²) in [4.78, 5) is 39.4. The zero-order chi connectivity index (χ0) is 31.6. The van der Waals surface area contributed by atoms with Crippen molar-refractivity contribution in [3.63, 3.8) is 0 Å². The van der Waals surface area contributed by atoms with Gasteiger partial charge >= 0.3 is 18.1 Å². The van der Waals surface area contributed by atoms with Gasteiger partial charge in [0.1, 0.15) is 25.4 Å². The minimum atomic E-state index is -0.942. The fourth-order valence-corrected chi connectivity index (χ4v) is 5.54. The van der Waals surface area contributed by atoms with Crippen LogP contribution in [-0.2, 0) is 27.3 Å². The number of ether oxygens (including phenoxy) is 2. The number of alkyl carbamates (subject to hydrolysis) is 1. The number of benzene rings is 4. The first-order chi connectivity index (χ1) is 21.9. The van der Waals surface area contributed by atoms with Gasteiger partial charge < -0.3 is 25.4 Å². The third kappa shape index (κ3) is 8.09. The molecule has 8 nitrogen and oxygen atoms in total. The molecule has 232 valence electrons. The molecule has 0 saturated carbocycles. The number of hydrogen-bond acceptors (Lipinski definition) is 5. The number of carbonyl (C=O) groups excluding carboxylic acids is 3. The molecule has 4 aromatic carbocycles. The van der Waals surface area contributed by atoms with E-state index in [0.29, 0.717) is 6.42 Å². The molecule has 45 heavy (non-hydrogen) atoms. The molecule has 5 rings (SSSR count). The van der Waals surface area contributed by atoms with Gasteiger partial charge in [-0.15, -0.1) is 0 Å². The molecule has 0 bridgehead atoms. The molecule has 0 aromatic heterocycles. The predicted octanol–water partition coefficient (Wildman–Crippen LogP) is 6.55. The van der Waals surface area contributed by atoms with Crippen LogP contribution >= 0.6 is 0 Å². The van der Waals surface area contributed by atoms with Crippen molar-refractivity contribution in [3.8, 4) is 11.1 Å². The quantitative estimate of drug-likeness (QED) is 0.125. The SMILES string of the molecule is CC[C@@H](C)[C@@H](NC(=O)N[C@@H](Cc1ccccc1)C(=O)OCc1ccccc1)NC(=O)OCC1c2ccccc2-c2ccccc21. The van der Waals surface area contributed by atoms with Crippen LogP contribution in [0.25, 0.3) is 11.1 Å². The molecule has 0 spiro atoms. The normalized spacial score (nSPS) is 13.8. The van der Waals surface area contributed by atoms with Gasteiger partial charge in [0.15, 0.2) is 0 Å². The van der Waals surface area contributed by atoms with Crippen molar-refractivity contribution in [1.29, 1.82) is 0 Å². The molecular weight excluding hydrogens is 566 g/mol. The van der Waals surface area contributed by atoms with Gasteiger partial charge in [0.05, 0.1) is 0 Å². The van der Waals surface area contributed by atoms with Crippen molar-refractivity contribution in [2.24, 2.45) is 5.92 Å². The molecule has 3 atom stereocenters. The van der Waals surface area contributed by atoms with Gasteiger partial charge in [-0.25, -0.2) is 14.4 Å². The number of esters is 1. The first-order valence-electron chi connectivity index (χ1n) is 15.4. The zero-order valence-electron chi connectivity index (χ0n) is 25.6. The van der Waals surface area contributed by atoms with E-state index < -0.39 is 30.3 Å². The van der Waals surface area contributed by atoms with E-state index in [-0.39, 0.29) is 31.5 Å². The molecule has 0 heterocycles. The van der Waals surface area contributed by atoms with Crippen molar-refractivity contribution in [2.75, 3.05) is 6.61 Å². The number of rotatable bonds is 12. The van der Waals surface area contributed by atoms with E-state index in [9.17, 15) is 14.4 Å². The highest BCUT2D eigenvalue weighted by Gasteiger charge is 2.30. The Labute approximate surface area is 264 Å². The van der Waals surface area contributed by atoms with Gasteiger partial charge in [-0.2, -0.15) is 0 Å². The van der Waals surface area contributed by atoms with Crippen molar-refractivity contribution < 1.29 is 23.9 Å². The van der Waals surface area contributed by atoms with Crippen LogP contribution in [0.1, 0.15) is 48.4 Å². The average molecular weight is 606 g/mol. The Morgan fingerprint density at radius 2 is 1.24 bits per heavy atom. The maximum absolute atomic E-state index is 13.3. The van der Waals surface area contributed by atoms with Crippen LogP contribution in [-0.4, -0.2) is 36.9 Å². The number of urea groups is 1. The molecule has 3 amide bonds. The van der Waals surface area contributed by atoms with Gasteiger partial charge in [0.2, 0.25) is 0 Å². The Morgan fingerprint density at radius 1 is 0.689 bits per heavy atom. The molecule has 8 heteroatoms. The number of nitrogens with one attached hydrogen (secondary N) is 3. The Kier molecular flexibility index (Phi) is 10.5. The highest BCUT2D eigenvalue weighted by atomic mass is 16.5. The van der Waals surface area contributed by atoms with Crippen LogP contribution in [0.15, 0.2) is 109 Å². The summed E-state index contributed by atoms with van der Waals surface area (Å²) in [5.41, 5.74) is 6.24. The lowest BCUT2D eigenvalue weighted by atomic mass is 9.98. The number of amides is 3. The van der Waals surface area contributed by atoms with E-state index in [1.165, 1.54) is 0 Å². The fourth-order valence-electron chi connectivity index (χ4n) is 5.54. The average Bonchev–Trinajstić information content (AvgIpc) is 3.39. The minimum absolute atomic E-state index is 0.0814. The van der Waals surface area contributed by atoms with Gasteiger partial charge in [-0.05, 0) is 45.7 Å². The smallest absolute Gasteiger partial charge is 0.408 e. The first kappa shape index (κ1) is 31.3. The highest BCUT2D eigenvalue weighted by molar-refractivity contribution is 5.84. The van der Waals surface area contributed by atoms with Crippen molar-refractivity contribution in [2.45, 2.75) is 51.4 Å². The van der Waals surface area contributed by atoms with Crippen LogP contribution in [0.5, 0.6) is 0 Å². The zero-order valence-corrected chi connectivity index (χ0v) is 25.6. The summed E-state index contributed by atoms with van der Waals surface area (Å²) in [6.45, 7) is 4.14. The van der Waals surface area contributed by atoms with Crippen LogP contribution < -0.4 is 16.0 Å². The molecule has 0 saturated heterocycles. The maximum Gasteiger partial charge on any atom is 0.408 e. The van der Waals surface area contributed by atoms with Crippen molar-refractivity contribution in [1.82, 2.24) is 16.0 Å². The molecule has 0 radical (unpaired) electrons. The first-order valence-corrected chi connectivity index (χ1v) is 15.4. The Hall–Kier alpha value is -5.11.